The van der Waals surface area contributed by atoms with Crippen molar-refractivity contribution in [2.45, 2.75) is 37.9 Å². The molecule has 0 aromatic heterocycles. The Morgan fingerprint density at radius 2 is 2.20 bits per heavy atom. The quantitative estimate of drug-likeness (QED) is 0.647. The van der Waals surface area contributed by atoms with E-state index in [0.717, 1.165) is 19.4 Å². The summed E-state index contributed by atoms with van der Waals surface area (Å²) in [4.78, 5) is 16.9. The van der Waals surface area contributed by atoms with Crippen LogP contribution in [-0.2, 0) is 14.4 Å². The number of nitrogens with one attached hydrogen (secondary N) is 2. The molecule has 1 saturated carbocycles. The van der Waals surface area contributed by atoms with Crippen molar-refractivity contribution in [3.8, 4) is 0 Å². The van der Waals surface area contributed by atoms with Gasteiger partial charge < -0.3 is 10.1 Å². The number of carbonyl (C=O) groups excluding carboxylic acids is 1. The summed E-state index contributed by atoms with van der Waals surface area (Å²) >= 11 is 0. The Bertz CT molecular complexity index is 211. The summed E-state index contributed by atoms with van der Waals surface area (Å²) in [6.45, 7) is 1.97. The minimum atomic E-state index is -0.403. The molecular formula is C10H18N2O3. The van der Waals surface area contributed by atoms with Crippen molar-refractivity contribution in [2.24, 2.45) is 0 Å². The first-order chi connectivity index (χ1) is 7.36. The van der Waals surface area contributed by atoms with Crippen LogP contribution in [0, 0.1) is 0 Å². The highest BCUT2D eigenvalue weighted by Gasteiger charge is 2.23. The van der Waals surface area contributed by atoms with Crippen molar-refractivity contribution < 1.29 is 14.4 Å². The van der Waals surface area contributed by atoms with E-state index >= 15 is 0 Å². The maximum atomic E-state index is 11.6. The Hall–Kier alpha value is -0.650. The molecule has 2 rings (SSSR count). The Balaban J connectivity index is 1.66. The van der Waals surface area contributed by atoms with Crippen molar-refractivity contribution in [1.82, 2.24) is 10.8 Å². The van der Waals surface area contributed by atoms with Crippen LogP contribution in [0.15, 0.2) is 0 Å². The maximum Gasteiger partial charge on any atom is 0.273 e. The fourth-order valence-corrected chi connectivity index (χ4v) is 1.95. The molecule has 1 amide bonds. The molecule has 1 unspecified atom stereocenters. The zero-order valence-corrected chi connectivity index (χ0v) is 8.83. The lowest BCUT2D eigenvalue weighted by Crippen LogP contribution is -2.48. The first kappa shape index (κ1) is 10.9. The molecule has 15 heavy (non-hydrogen) atoms. The normalized spacial score (nSPS) is 27.9. The second-order valence-electron chi connectivity index (χ2n) is 4.05. The van der Waals surface area contributed by atoms with Gasteiger partial charge in [-0.25, -0.2) is 5.48 Å². The van der Waals surface area contributed by atoms with Crippen molar-refractivity contribution in [3.05, 3.63) is 0 Å². The number of hydrogen-bond acceptors (Lipinski definition) is 4. The van der Waals surface area contributed by atoms with Gasteiger partial charge in [-0.1, -0.05) is 12.8 Å². The summed E-state index contributed by atoms with van der Waals surface area (Å²) in [6, 6.07) is 0. The van der Waals surface area contributed by atoms with Gasteiger partial charge in [-0.05, 0) is 12.8 Å². The van der Waals surface area contributed by atoms with Crippen LogP contribution in [0.2, 0.25) is 0 Å². The molecule has 1 atom stereocenters. The van der Waals surface area contributed by atoms with Crippen molar-refractivity contribution in [3.63, 3.8) is 0 Å². The van der Waals surface area contributed by atoms with Crippen LogP contribution in [0.4, 0.5) is 0 Å². The number of hydroxylamine groups is 1. The fraction of sp³-hybridized carbons (Fsp3) is 0.900. The number of ether oxygens (including phenoxy) is 1. The molecule has 0 bridgehead atoms. The zero-order valence-electron chi connectivity index (χ0n) is 8.83. The first-order valence-corrected chi connectivity index (χ1v) is 5.64. The Kier molecular flexibility index (Phi) is 3.94. The van der Waals surface area contributed by atoms with E-state index in [2.05, 4.69) is 10.8 Å². The molecule has 0 radical (unpaired) electrons. The molecule has 1 saturated heterocycles. The predicted molar refractivity (Wildman–Crippen MR) is 54.1 cm³/mol. The summed E-state index contributed by atoms with van der Waals surface area (Å²) in [5, 5.41) is 3.10. The molecular weight excluding hydrogens is 196 g/mol. The smallest absolute Gasteiger partial charge is 0.273 e. The van der Waals surface area contributed by atoms with E-state index in [1.807, 2.05) is 0 Å². The van der Waals surface area contributed by atoms with E-state index in [-0.39, 0.29) is 12.0 Å². The first-order valence-electron chi connectivity index (χ1n) is 5.64. The third-order valence-electron chi connectivity index (χ3n) is 2.85. The highest BCUT2D eigenvalue weighted by Crippen LogP contribution is 2.19. The molecule has 2 fully saturated rings. The van der Waals surface area contributed by atoms with E-state index in [4.69, 9.17) is 9.57 Å². The topological polar surface area (TPSA) is 59.6 Å². The van der Waals surface area contributed by atoms with Gasteiger partial charge >= 0.3 is 0 Å². The van der Waals surface area contributed by atoms with Gasteiger partial charge in [-0.2, -0.15) is 0 Å². The predicted octanol–water partition coefficient (Wildman–Crippen LogP) is -0.0348. The number of carbonyl (C=O) groups is 1. The van der Waals surface area contributed by atoms with E-state index in [1.54, 1.807) is 0 Å². The second kappa shape index (κ2) is 5.44. The highest BCUT2D eigenvalue weighted by atomic mass is 16.7. The molecule has 5 nitrogen and oxygen atoms in total. The molecule has 0 spiro atoms. The summed E-state index contributed by atoms with van der Waals surface area (Å²) in [5.41, 5.74) is 2.49. The summed E-state index contributed by atoms with van der Waals surface area (Å²) in [6.07, 6.45) is 4.28. The van der Waals surface area contributed by atoms with E-state index < -0.39 is 6.10 Å². The molecule has 1 heterocycles. The van der Waals surface area contributed by atoms with Crippen molar-refractivity contribution in [2.75, 3.05) is 19.7 Å². The van der Waals surface area contributed by atoms with Crippen LogP contribution >= 0.6 is 0 Å². The van der Waals surface area contributed by atoms with Crippen LogP contribution in [0.3, 0.4) is 0 Å². The van der Waals surface area contributed by atoms with Gasteiger partial charge in [-0.3, -0.25) is 9.63 Å². The summed E-state index contributed by atoms with van der Waals surface area (Å²) < 4.78 is 5.30. The van der Waals surface area contributed by atoms with E-state index in [0.29, 0.717) is 13.2 Å². The molecule has 86 valence electrons. The third-order valence-corrected chi connectivity index (χ3v) is 2.85. The minimum Gasteiger partial charge on any atom is -0.366 e. The standard InChI is InChI=1S/C10H18N2O3/c13-10(9-7-11-5-6-14-9)12-15-8-3-1-2-4-8/h8-9,11H,1-7H2,(H,12,13). The number of rotatable bonds is 3. The largest absolute Gasteiger partial charge is 0.366 e. The lowest BCUT2D eigenvalue weighted by atomic mass is 10.3. The van der Waals surface area contributed by atoms with Crippen LogP contribution in [-0.4, -0.2) is 37.8 Å². The zero-order chi connectivity index (χ0) is 10.5. The average molecular weight is 214 g/mol. The number of amides is 1. The van der Waals surface area contributed by atoms with Crippen LogP contribution in [0.1, 0.15) is 25.7 Å². The lowest BCUT2D eigenvalue weighted by molar-refractivity contribution is -0.151. The van der Waals surface area contributed by atoms with Gasteiger partial charge in [0.2, 0.25) is 0 Å². The molecule has 0 aromatic carbocycles. The van der Waals surface area contributed by atoms with Gasteiger partial charge in [0.15, 0.2) is 6.10 Å². The Morgan fingerprint density at radius 1 is 1.40 bits per heavy atom. The van der Waals surface area contributed by atoms with Crippen molar-refractivity contribution in [1.29, 1.82) is 0 Å². The molecule has 5 heteroatoms. The molecule has 1 aliphatic carbocycles. The molecule has 0 aromatic rings. The minimum absolute atomic E-state index is 0.172. The van der Waals surface area contributed by atoms with Crippen LogP contribution in [0.5, 0.6) is 0 Å². The SMILES string of the molecule is O=C(NOC1CCCC1)C1CNCCO1. The summed E-state index contributed by atoms with van der Waals surface area (Å²) in [5.74, 6) is -0.172. The fourth-order valence-electron chi connectivity index (χ4n) is 1.95. The van der Waals surface area contributed by atoms with Gasteiger partial charge in [0.1, 0.15) is 0 Å². The van der Waals surface area contributed by atoms with Crippen LogP contribution in [0.25, 0.3) is 0 Å². The molecule has 2 aliphatic rings. The Morgan fingerprint density at radius 3 is 2.87 bits per heavy atom. The molecule has 2 N–H and O–H groups in total. The Labute approximate surface area is 89.5 Å². The molecule has 1 aliphatic heterocycles. The lowest BCUT2D eigenvalue weighted by Gasteiger charge is -2.23. The second-order valence-corrected chi connectivity index (χ2v) is 4.05. The van der Waals surface area contributed by atoms with E-state index in [1.165, 1.54) is 12.8 Å². The highest BCUT2D eigenvalue weighted by molar-refractivity contribution is 5.80. The van der Waals surface area contributed by atoms with Gasteiger partial charge in [0.05, 0.1) is 12.7 Å². The monoisotopic (exact) mass is 214 g/mol. The summed E-state index contributed by atoms with van der Waals surface area (Å²) in [7, 11) is 0. The number of hydrogen-bond donors (Lipinski definition) is 2. The van der Waals surface area contributed by atoms with Gasteiger partial charge in [0.25, 0.3) is 5.91 Å². The number of morpholine rings is 1. The average Bonchev–Trinajstić information content (AvgIpc) is 2.80. The maximum absolute atomic E-state index is 11.6. The third kappa shape index (κ3) is 3.15. The van der Waals surface area contributed by atoms with Gasteiger partial charge in [0, 0.05) is 13.1 Å². The van der Waals surface area contributed by atoms with Crippen LogP contribution < -0.4 is 10.8 Å². The van der Waals surface area contributed by atoms with Crippen molar-refractivity contribution >= 4 is 5.91 Å². The van der Waals surface area contributed by atoms with E-state index in [9.17, 15) is 4.79 Å². The van der Waals surface area contributed by atoms with Gasteiger partial charge in [-0.15, -0.1) is 0 Å².